The first-order valence-electron chi connectivity index (χ1n) is 5.84. The third kappa shape index (κ3) is 3.56. The maximum absolute atomic E-state index is 5.70. The van der Waals surface area contributed by atoms with Gasteiger partial charge in [0.05, 0.1) is 25.4 Å². The van der Waals surface area contributed by atoms with Gasteiger partial charge in [-0.3, -0.25) is 0 Å². The summed E-state index contributed by atoms with van der Waals surface area (Å²) in [4.78, 5) is 1.38. The molecule has 1 aliphatic rings. The molecule has 2 atom stereocenters. The largest absolute Gasteiger partial charge is 0.378 e. The minimum atomic E-state index is 0.255. The standard InChI is InChI=1S/C12H19NO2S/c13-8-10-3-4-11(15-10)9-14-6-5-12-2-1-7-16-12/h1-2,7,10-11H,3-6,8-9,13H2. The van der Waals surface area contributed by atoms with Gasteiger partial charge in [-0.05, 0) is 24.3 Å². The van der Waals surface area contributed by atoms with Gasteiger partial charge in [0.15, 0.2) is 0 Å². The van der Waals surface area contributed by atoms with Gasteiger partial charge in [0.25, 0.3) is 0 Å². The zero-order valence-electron chi connectivity index (χ0n) is 9.43. The van der Waals surface area contributed by atoms with E-state index < -0.39 is 0 Å². The molecular formula is C12H19NO2S. The van der Waals surface area contributed by atoms with E-state index in [2.05, 4.69) is 17.5 Å². The van der Waals surface area contributed by atoms with Gasteiger partial charge in [0, 0.05) is 17.8 Å². The van der Waals surface area contributed by atoms with Crippen molar-refractivity contribution in [2.45, 2.75) is 31.5 Å². The van der Waals surface area contributed by atoms with Crippen molar-refractivity contribution in [1.82, 2.24) is 0 Å². The second-order valence-electron chi connectivity index (χ2n) is 4.10. The smallest absolute Gasteiger partial charge is 0.0813 e. The van der Waals surface area contributed by atoms with E-state index in [1.165, 1.54) is 4.88 Å². The molecule has 2 rings (SSSR count). The van der Waals surface area contributed by atoms with Crippen LogP contribution in [0.5, 0.6) is 0 Å². The van der Waals surface area contributed by atoms with Gasteiger partial charge in [-0.1, -0.05) is 6.07 Å². The van der Waals surface area contributed by atoms with Crippen LogP contribution >= 0.6 is 11.3 Å². The van der Waals surface area contributed by atoms with Crippen molar-refractivity contribution in [2.24, 2.45) is 5.73 Å². The molecule has 1 aliphatic heterocycles. The van der Waals surface area contributed by atoms with Crippen LogP contribution < -0.4 is 5.73 Å². The molecule has 16 heavy (non-hydrogen) atoms. The quantitative estimate of drug-likeness (QED) is 0.773. The first-order valence-corrected chi connectivity index (χ1v) is 6.72. The summed E-state index contributed by atoms with van der Waals surface area (Å²) >= 11 is 1.78. The van der Waals surface area contributed by atoms with Crippen LogP contribution in [0, 0.1) is 0 Å². The van der Waals surface area contributed by atoms with Gasteiger partial charge in [-0.25, -0.2) is 0 Å². The molecule has 1 fully saturated rings. The molecule has 0 radical (unpaired) electrons. The van der Waals surface area contributed by atoms with E-state index in [-0.39, 0.29) is 12.2 Å². The van der Waals surface area contributed by atoms with Crippen molar-refractivity contribution in [3.8, 4) is 0 Å². The number of rotatable bonds is 6. The Morgan fingerprint density at radius 2 is 2.31 bits per heavy atom. The highest BCUT2D eigenvalue weighted by Crippen LogP contribution is 2.19. The van der Waals surface area contributed by atoms with Crippen molar-refractivity contribution in [1.29, 1.82) is 0 Å². The maximum atomic E-state index is 5.70. The molecule has 2 N–H and O–H groups in total. The van der Waals surface area contributed by atoms with Gasteiger partial charge in [0.1, 0.15) is 0 Å². The average Bonchev–Trinajstić information content (AvgIpc) is 2.95. The summed E-state index contributed by atoms with van der Waals surface area (Å²) in [6.07, 6.45) is 3.68. The summed E-state index contributed by atoms with van der Waals surface area (Å²) in [7, 11) is 0. The van der Waals surface area contributed by atoms with Crippen LogP contribution in [0.1, 0.15) is 17.7 Å². The van der Waals surface area contributed by atoms with Gasteiger partial charge < -0.3 is 15.2 Å². The lowest BCUT2D eigenvalue weighted by molar-refractivity contribution is -0.0111. The van der Waals surface area contributed by atoms with Gasteiger partial charge >= 0.3 is 0 Å². The van der Waals surface area contributed by atoms with E-state index in [9.17, 15) is 0 Å². The van der Waals surface area contributed by atoms with Gasteiger partial charge in [-0.2, -0.15) is 0 Å². The second-order valence-corrected chi connectivity index (χ2v) is 5.13. The summed E-state index contributed by atoms with van der Waals surface area (Å²) in [6.45, 7) is 2.13. The number of ether oxygens (including phenoxy) is 2. The molecule has 0 aliphatic carbocycles. The fraction of sp³-hybridized carbons (Fsp3) is 0.667. The fourth-order valence-electron chi connectivity index (χ4n) is 1.92. The maximum Gasteiger partial charge on any atom is 0.0813 e. The molecule has 3 nitrogen and oxygen atoms in total. The molecule has 0 saturated carbocycles. The van der Waals surface area contributed by atoms with Crippen LogP contribution in [0.25, 0.3) is 0 Å². The van der Waals surface area contributed by atoms with Crippen LogP contribution in [-0.2, 0) is 15.9 Å². The molecular weight excluding hydrogens is 222 g/mol. The van der Waals surface area contributed by atoms with Crippen LogP contribution in [0.15, 0.2) is 17.5 Å². The van der Waals surface area contributed by atoms with Crippen LogP contribution in [0.4, 0.5) is 0 Å². The van der Waals surface area contributed by atoms with E-state index in [4.69, 9.17) is 15.2 Å². The third-order valence-corrected chi connectivity index (χ3v) is 3.77. The van der Waals surface area contributed by atoms with E-state index >= 15 is 0 Å². The molecule has 0 amide bonds. The van der Waals surface area contributed by atoms with Crippen LogP contribution in [-0.4, -0.2) is 32.0 Å². The molecule has 2 heterocycles. The Hall–Kier alpha value is -0.420. The molecule has 0 aromatic carbocycles. The third-order valence-electron chi connectivity index (χ3n) is 2.84. The summed E-state index contributed by atoms with van der Waals surface area (Å²) in [5, 5.41) is 2.10. The SMILES string of the molecule is NCC1CCC(COCCc2cccs2)O1. The van der Waals surface area contributed by atoms with Gasteiger partial charge in [-0.15, -0.1) is 11.3 Å². The molecule has 1 aromatic rings. The predicted molar refractivity (Wildman–Crippen MR) is 65.8 cm³/mol. The minimum Gasteiger partial charge on any atom is -0.378 e. The molecule has 0 bridgehead atoms. The molecule has 4 heteroatoms. The molecule has 0 spiro atoms. The first kappa shape index (κ1) is 12.0. The topological polar surface area (TPSA) is 44.5 Å². The highest BCUT2D eigenvalue weighted by Gasteiger charge is 2.23. The minimum absolute atomic E-state index is 0.255. The van der Waals surface area contributed by atoms with Crippen molar-refractivity contribution >= 4 is 11.3 Å². The highest BCUT2D eigenvalue weighted by molar-refractivity contribution is 7.09. The Morgan fingerprint density at radius 3 is 3.00 bits per heavy atom. The van der Waals surface area contributed by atoms with Crippen molar-refractivity contribution in [3.63, 3.8) is 0 Å². The summed E-state index contributed by atoms with van der Waals surface area (Å²) in [6, 6.07) is 4.22. The van der Waals surface area contributed by atoms with Crippen molar-refractivity contribution in [3.05, 3.63) is 22.4 Å². The summed E-state index contributed by atoms with van der Waals surface area (Å²) < 4.78 is 11.3. The Labute approximate surface area is 101 Å². The highest BCUT2D eigenvalue weighted by atomic mass is 32.1. The van der Waals surface area contributed by atoms with E-state index in [0.717, 1.165) is 25.9 Å². The fourth-order valence-corrected chi connectivity index (χ4v) is 2.61. The Kier molecular flexibility index (Phi) is 4.78. The zero-order chi connectivity index (χ0) is 11.2. The molecule has 1 saturated heterocycles. The predicted octanol–water partition coefficient (Wildman–Crippen LogP) is 1.81. The summed E-state index contributed by atoms with van der Waals surface area (Å²) in [5.41, 5.74) is 5.55. The van der Waals surface area contributed by atoms with Crippen LogP contribution in [0.2, 0.25) is 0 Å². The lowest BCUT2D eigenvalue weighted by atomic mass is 10.2. The van der Waals surface area contributed by atoms with Gasteiger partial charge in [0.2, 0.25) is 0 Å². The Bertz CT molecular complexity index is 289. The number of hydrogen-bond acceptors (Lipinski definition) is 4. The second kappa shape index (κ2) is 6.35. The van der Waals surface area contributed by atoms with Crippen molar-refractivity contribution < 1.29 is 9.47 Å². The van der Waals surface area contributed by atoms with E-state index in [0.29, 0.717) is 13.2 Å². The normalized spacial score (nSPS) is 25.1. The monoisotopic (exact) mass is 241 g/mol. The molecule has 90 valence electrons. The van der Waals surface area contributed by atoms with Crippen molar-refractivity contribution in [2.75, 3.05) is 19.8 Å². The summed E-state index contributed by atoms with van der Waals surface area (Å²) in [5.74, 6) is 0. The Morgan fingerprint density at radius 1 is 1.44 bits per heavy atom. The number of thiophene rings is 1. The first-order chi connectivity index (χ1) is 7.88. The van der Waals surface area contributed by atoms with Crippen LogP contribution in [0.3, 0.4) is 0 Å². The zero-order valence-corrected chi connectivity index (χ0v) is 10.2. The lowest BCUT2D eigenvalue weighted by Crippen LogP contribution is -2.23. The van der Waals surface area contributed by atoms with E-state index in [1.807, 2.05) is 0 Å². The Balaban J connectivity index is 1.55. The molecule has 1 aromatic heterocycles. The van der Waals surface area contributed by atoms with E-state index in [1.54, 1.807) is 11.3 Å². The average molecular weight is 241 g/mol. The number of hydrogen-bond donors (Lipinski definition) is 1. The molecule has 2 unspecified atom stereocenters. The number of nitrogens with two attached hydrogens (primary N) is 1. The lowest BCUT2D eigenvalue weighted by Gasteiger charge is -2.12.